The summed E-state index contributed by atoms with van der Waals surface area (Å²) in [6, 6.07) is 14.1. The van der Waals surface area contributed by atoms with Gasteiger partial charge in [0.05, 0.1) is 17.2 Å². The number of likely N-dealkylation sites (tertiary alicyclic amines) is 1. The van der Waals surface area contributed by atoms with Gasteiger partial charge in [-0.05, 0) is 54.9 Å². The normalized spacial score (nSPS) is 19.5. The number of alkyl halides is 3. The van der Waals surface area contributed by atoms with E-state index in [1.165, 1.54) is 6.07 Å². The smallest absolute Gasteiger partial charge is 0.368 e. The maximum atomic E-state index is 13.5. The molecule has 2 saturated heterocycles. The molecule has 2 heterocycles. The van der Waals surface area contributed by atoms with Crippen LogP contribution >= 0.6 is 0 Å². The highest BCUT2D eigenvalue weighted by molar-refractivity contribution is 5.85. The Bertz CT molecular complexity index is 1140. The molecule has 0 saturated carbocycles. The van der Waals surface area contributed by atoms with Gasteiger partial charge in [0.15, 0.2) is 0 Å². The molecule has 2 amide bonds. The molecule has 2 aliphatic rings. The Morgan fingerprint density at radius 1 is 1.11 bits per heavy atom. The van der Waals surface area contributed by atoms with Crippen molar-refractivity contribution in [1.82, 2.24) is 4.90 Å². The van der Waals surface area contributed by atoms with Gasteiger partial charge >= 0.3 is 6.18 Å². The van der Waals surface area contributed by atoms with Crippen LogP contribution in [0, 0.1) is 16.7 Å². The Kier molecular flexibility index (Phi) is 6.75. The van der Waals surface area contributed by atoms with Crippen molar-refractivity contribution in [3.05, 3.63) is 65.2 Å². The molecule has 1 atom stereocenters. The first-order valence-corrected chi connectivity index (χ1v) is 11.6. The number of benzene rings is 2. The largest absolute Gasteiger partial charge is 0.417 e. The number of hydrogen-bond acceptors (Lipinski definition) is 4. The SMILES string of the molecule is N#Cc1ccc(N2CC3(CCN(C(=O)CCc4ccccc4)CC3)CC2C(N)=O)cc1C(F)(F)F. The van der Waals surface area contributed by atoms with Gasteiger partial charge in [-0.15, -0.1) is 0 Å². The van der Waals surface area contributed by atoms with Crippen LogP contribution in [-0.4, -0.2) is 42.4 Å². The monoisotopic (exact) mass is 484 g/mol. The van der Waals surface area contributed by atoms with Crippen molar-refractivity contribution in [1.29, 1.82) is 5.26 Å². The predicted molar refractivity (Wildman–Crippen MR) is 124 cm³/mol. The molecule has 0 bridgehead atoms. The zero-order valence-electron chi connectivity index (χ0n) is 19.2. The van der Waals surface area contributed by atoms with Gasteiger partial charge in [-0.25, -0.2) is 0 Å². The molecule has 2 N–H and O–H groups in total. The van der Waals surface area contributed by atoms with E-state index in [9.17, 15) is 22.8 Å². The zero-order valence-corrected chi connectivity index (χ0v) is 19.2. The van der Waals surface area contributed by atoms with E-state index >= 15 is 0 Å². The fraction of sp³-hybridized carbons (Fsp3) is 0.423. The molecular weight excluding hydrogens is 457 g/mol. The number of primary amides is 1. The Balaban J connectivity index is 1.46. The molecule has 184 valence electrons. The Hall–Kier alpha value is -3.54. The van der Waals surface area contributed by atoms with Gasteiger partial charge in [0.2, 0.25) is 11.8 Å². The summed E-state index contributed by atoms with van der Waals surface area (Å²) in [6.07, 6.45) is -1.89. The summed E-state index contributed by atoms with van der Waals surface area (Å²) in [7, 11) is 0. The number of aryl methyl sites for hydroxylation is 1. The molecule has 1 spiro atoms. The maximum Gasteiger partial charge on any atom is 0.417 e. The third-order valence-corrected chi connectivity index (χ3v) is 7.24. The number of nitrogens with two attached hydrogens (primary N) is 1. The number of nitriles is 1. The maximum absolute atomic E-state index is 13.5. The van der Waals surface area contributed by atoms with Crippen LogP contribution in [0.2, 0.25) is 0 Å². The Morgan fingerprint density at radius 2 is 1.80 bits per heavy atom. The van der Waals surface area contributed by atoms with Crippen molar-refractivity contribution in [2.45, 2.75) is 44.3 Å². The number of rotatable bonds is 5. The van der Waals surface area contributed by atoms with Gasteiger partial charge in [-0.3, -0.25) is 9.59 Å². The minimum absolute atomic E-state index is 0.0759. The number of anilines is 1. The molecule has 2 aliphatic heterocycles. The second-order valence-corrected chi connectivity index (χ2v) is 9.46. The molecule has 35 heavy (non-hydrogen) atoms. The molecule has 6 nitrogen and oxygen atoms in total. The van der Waals surface area contributed by atoms with Crippen molar-refractivity contribution in [3.63, 3.8) is 0 Å². The van der Waals surface area contributed by atoms with E-state index in [-0.39, 0.29) is 17.0 Å². The summed E-state index contributed by atoms with van der Waals surface area (Å²) in [5.74, 6) is -0.520. The highest BCUT2D eigenvalue weighted by atomic mass is 19.4. The first-order chi connectivity index (χ1) is 16.6. The lowest BCUT2D eigenvalue weighted by Gasteiger charge is -2.39. The number of halogens is 3. The van der Waals surface area contributed by atoms with E-state index in [4.69, 9.17) is 11.0 Å². The van der Waals surface area contributed by atoms with Crippen LogP contribution in [0.3, 0.4) is 0 Å². The molecule has 0 aromatic heterocycles. The summed E-state index contributed by atoms with van der Waals surface area (Å²) in [4.78, 5) is 28.4. The van der Waals surface area contributed by atoms with Gasteiger partial charge in [0.25, 0.3) is 0 Å². The van der Waals surface area contributed by atoms with Crippen LogP contribution < -0.4 is 10.6 Å². The molecule has 0 aliphatic carbocycles. The molecule has 0 radical (unpaired) electrons. The number of hydrogen-bond donors (Lipinski definition) is 1. The summed E-state index contributed by atoms with van der Waals surface area (Å²) in [5.41, 5.74) is 5.16. The topological polar surface area (TPSA) is 90.4 Å². The van der Waals surface area contributed by atoms with Crippen LogP contribution in [0.1, 0.15) is 42.4 Å². The van der Waals surface area contributed by atoms with E-state index in [1.54, 1.807) is 11.0 Å². The van der Waals surface area contributed by atoms with Gasteiger partial charge < -0.3 is 15.5 Å². The number of piperidine rings is 1. The van der Waals surface area contributed by atoms with Gasteiger partial charge in [0.1, 0.15) is 6.04 Å². The molecule has 9 heteroatoms. The lowest BCUT2D eigenvalue weighted by Crippen LogP contribution is -2.44. The van der Waals surface area contributed by atoms with Crippen molar-refractivity contribution in [3.8, 4) is 6.07 Å². The van der Waals surface area contributed by atoms with Crippen LogP contribution in [0.4, 0.5) is 18.9 Å². The lowest BCUT2D eigenvalue weighted by molar-refractivity contribution is -0.137. The van der Waals surface area contributed by atoms with Gasteiger partial charge in [-0.2, -0.15) is 18.4 Å². The van der Waals surface area contributed by atoms with E-state index in [1.807, 2.05) is 35.2 Å². The average Bonchev–Trinajstić information content (AvgIpc) is 3.22. The van der Waals surface area contributed by atoms with Crippen molar-refractivity contribution in [2.75, 3.05) is 24.5 Å². The van der Waals surface area contributed by atoms with E-state index < -0.39 is 29.3 Å². The van der Waals surface area contributed by atoms with Crippen LogP contribution in [0.5, 0.6) is 0 Å². The first-order valence-electron chi connectivity index (χ1n) is 11.6. The standard InChI is InChI=1S/C26H27F3N4O2/c27-26(28,29)21-14-20(8-7-19(21)16-30)33-17-25(15-22(33)24(31)35)10-12-32(13-11-25)23(34)9-6-18-4-2-1-3-5-18/h1-5,7-8,14,22H,6,9-13,15,17H2,(H2,31,35). The predicted octanol–water partition coefficient (Wildman–Crippen LogP) is 3.88. The third-order valence-electron chi connectivity index (χ3n) is 7.24. The second kappa shape index (κ2) is 9.61. The molecule has 2 aromatic rings. The highest BCUT2D eigenvalue weighted by Gasteiger charge is 2.48. The number of carbonyl (C=O) groups is 2. The van der Waals surface area contributed by atoms with E-state index in [0.717, 1.165) is 17.7 Å². The fourth-order valence-corrected chi connectivity index (χ4v) is 5.27. The second-order valence-electron chi connectivity index (χ2n) is 9.46. The van der Waals surface area contributed by atoms with Crippen LogP contribution in [-0.2, 0) is 22.2 Å². The summed E-state index contributed by atoms with van der Waals surface area (Å²) in [6.45, 7) is 1.44. The van der Waals surface area contributed by atoms with Crippen molar-refractivity contribution < 1.29 is 22.8 Å². The first kappa shape index (κ1) is 24.6. The molecule has 2 aromatic carbocycles. The zero-order chi connectivity index (χ0) is 25.2. The lowest BCUT2D eigenvalue weighted by atomic mass is 9.76. The van der Waals surface area contributed by atoms with Gasteiger partial charge in [-0.1, -0.05) is 30.3 Å². The third kappa shape index (κ3) is 5.26. The van der Waals surface area contributed by atoms with E-state index in [2.05, 4.69) is 0 Å². The number of nitrogens with zero attached hydrogens (tertiary/aromatic N) is 3. The quantitative estimate of drug-likeness (QED) is 0.697. The fourth-order valence-electron chi connectivity index (χ4n) is 5.27. The van der Waals surface area contributed by atoms with E-state index in [0.29, 0.717) is 51.7 Å². The molecular formula is C26H27F3N4O2. The Labute approximate surface area is 202 Å². The van der Waals surface area contributed by atoms with Crippen molar-refractivity contribution in [2.24, 2.45) is 11.1 Å². The summed E-state index contributed by atoms with van der Waals surface area (Å²) in [5, 5.41) is 9.08. The van der Waals surface area contributed by atoms with Crippen molar-refractivity contribution >= 4 is 17.5 Å². The minimum atomic E-state index is -4.69. The summed E-state index contributed by atoms with van der Waals surface area (Å²) >= 11 is 0. The molecule has 4 rings (SSSR count). The summed E-state index contributed by atoms with van der Waals surface area (Å²) < 4.78 is 40.5. The van der Waals surface area contributed by atoms with Crippen LogP contribution in [0.15, 0.2) is 48.5 Å². The van der Waals surface area contributed by atoms with Gasteiger partial charge in [0, 0.05) is 31.7 Å². The molecule has 2 fully saturated rings. The Morgan fingerprint density at radius 3 is 2.40 bits per heavy atom. The number of carbonyl (C=O) groups excluding carboxylic acids is 2. The molecule has 1 unspecified atom stereocenters. The minimum Gasteiger partial charge on any atom is -0.368 e. The average molecular weight is 485 g/mol. The van der Waals surface area contributed by atoms with Crippen LogP contribution in [0.25, 0.3) is 0 Å². The number of amides is 2. The highest BCUT2D eigenvalue weighted by Crippen LogP contribution is 2.46.